The molecule has 22 heavy (non-hydrogen) atoms. The molecule has 2 aromatic rings. The summed E-state index contributed by atoms with van der Waals surface area (Å²) in [6, 6.07) is 3.79. The summed E-state index contributed by atoms with van der Waals surface area (Å²) in [4.78, 5) is 32.1. The Morgan fingerprint density at radius 1 is 1.05 bits per heavy atom. The minimum Gasteiger partial charge on any atom is -0.449 e. The largest absolute Gasteiger partial charge is 0.449 e. The molecule has 0 saturated carbocycles. The minimum atomic E-state index is -0.879. The van der Waals surface area contributed by atoms with Crippen molar-refractivity contribution in [1.29, 1.82) is 0 Å². The zero-order valence-electron chi connectivity index (χ0n) is 13.1. The van der Waals surface area contributed by atoms with E-state index >= 15 is 0 Å². The molecule has 0 unspecified atom stereocenters. The van der Waals surface area contributed by atoms with Crippen molar-refractivity contribution in [2.24, 2.45) is 0 Å². The first-order valence-electron chi connectivity index (χ1n) is 6.99. The van der Waals surface area contributed by atoms with Gasteiger partial charge >= 0.3 is 5.97 Å². The Kier molecular flexibility index (Phi) is 4.65. The number of ether oxygens (including phenoxy) is 1. The highest BCUT2D eigenvalue weighted by atomic mass is 16.5. The van der Waals surface area contributed by atoms with Gasteiger partial charge < -0.3 is 4.74 Å². The first kappa shape index (κ1) is 15.8. The monoisotopic (exact) mass is 298 g/mol. The number of aromatic nitrogens is 2. The number of ketones is 1. The van der Waals surface area contributed by atoms with E-state index in [1.165, 1.54) is 18.6 Å². The summed E-state index contributed by atoms with van der Waals surface area (Å²) >= 11 is 0. The fraction of sp³-hybridized carbons (Fsp3) is 0.294. The maximum Gasteiger partial charge on any atom is 0.359 e. The van der Waals surface area contributed by atoms with Crippen molar-refractivity contribution in [2.45, 2.75) is 33.8 Å². The summed E-state index contributed by atoms with van der Waals surface area (Å²) in [6.07, 6.45) is 3.29. The molecule has 1 atom stereocenters. The van der Waals surface area contributed by atoms with Gasteiger partial charge in [0.1, 0.15) is 0 Å². The molecule has 0 saturated heterocycles. The first-order valence-corrected chi connectivity index (χ1v) is 6.99. The number of carbonyl (C=O) groups excluding carboxylic acids is 2. The van der Waals surface area contributed by atoms with Crippen LogP contribution in [0.5, 0.6) is 0 Å². The van der Waals surface area contributed by atoms with Crippen LogP contribution < -0.4 is 0 Å². The van der Waals surface area contributed by atoms with Crippen molar-refractivity contribution in [3.05, 3.63) is 58.7 Å². The van der Waals surface area contributed by atoms with E-state index < -0.39 is 12.1 Å². The molecular formula is C17H18N2O3. The lowest BCUT2D eigenvalue weighted by Gasteiger charge is -2.14. The van der Waals surface area contributed by atoms with Crippen molar-refractivity contribution in [1.82, 2.24) is 9.97 Å². The Bertz CT molecular complexity index is 711. The Morgan fingerprint density at radius 3 is 2.36 bits per heavy atom. The highest BCUT2D eigenvalue weighted by Crippen LogP contribution is 2.18. The summed E-state index contributed by atoms with van der Waals surface area (Å²) in [5.74, 6) is -0.881. The van der Waals surface area contributed by atoms with Gasteiger partial charge in [-0.1, -0.05) is 6.07 Å². The van der Waals surface area contributed by atoms with Crippen molar-refractivity contribution >= 4 is 11.8 Å². The summed E-state index contributed by atoms with van der Waals surface area (Å²) in [7, 11) is 0. The van der Waals surface area contributed by atoms with Crippen LogP contribution in [-0.2, 0) is 4.74 Å². The van der Waals surface area contributed by atoms with Gasteiger partial charge in [-0.3, -0.25) is 9.78 Å². The number of benzene rings is 1. The van der Waals surface area contributed by atoms with Crippen LogP contribution in [0.1, 0.15) is 44.5 Å². The molecule has 0 aliphatic heterocycles. The topological polar surface area (TPSA) is 69.2 Å². The number of Topliss-reactive ketones (excluding diaryl/α,β-unsaturated/α-hetero) is 1. The molecule has 0 spiro atoms. The van der Waals surface area contributed by atoms with E-state index in [1.54, 1.807) is 6.92 Å². The van der Waals surface area contributed by atoms with E-state index in [1.807, 2.05) is 32.9 Å². The number of esters is 1. The quantitative estimate of drug-likeness (QED) is 0.641. The van der Waals surface area contributed by atoms with Gasteiger partial charge in [0.25, 0.3) is 0 Å². The fourth-order valence-electron chi connectivity index (χ4n) is 2.12. The van der Waals surface area contributed by atoms with E-state index in [-0.39, 0.29) is 11.5 Å². The molecule has 1 aromatic heterocycles. The van der Waals surface area contributed by atoms with Crippen LogP contribution in [0.25, 0.3) is 0 Å². The number of carbonyl (C=O) groups is 2. The molecule has 0 aliphatic rings. The second-order valence-electron chi connectivity index (χ2n) is 5.25. The third kappa shape index (κ3) is 3.36. The van der Waals surface area contributed by atoms with Crippen LogP contribution in [0, 0.1) is 20.8 Å². The first-order chi connectivity index (χ1) is 10.4. The molecule has 0 amide bonds. The van der Waals surface area contributed by atoms with Crippen LogP contribution in [-0.4, -0.2) is 27.8 Å². The molecule has 0 N–H and O–H groups in total. The van der Waals surface area contributed by atoms with Crippen LogP contribution in [0.15, 0.2) is 30.7 Å². The molecule has 0 bridgehead atoms. The molecule has 1 heterocycles. The molecule has 0 radical (unpaired) electrons. The number of hydrogen-bond donors (Lipinski definition) is 0. The molecule has 2 rings (SSSR count). The molecule has 1 aromatic carbocycles. The molecule has 114 valence electrons. The molecular weight excluding hydrogens is 280 g/mol. The van der Waals surface area contributed by atoms with Crippen molar-refractivity contribution < 1.29 is 14.3 Å². The normalized spacial score (nSPS) is 11.8. The zero-order chi connectivity index (χ0) is 16.3. The zero-order valence-corrected chi connectivity index (χ0v) is 13.1. The second-order valence-corrected chi connectivity index (χ2v) is 5.25. The van der Waals surface area contributed by atoms with E-state index in [9.17, 15) is 9.59 Å². The molecule has 5 heteroatoms. The number of hydrogen-bond acceptors (Lipinski definition) is 5. The van der Waals surface area contributed by atoms with Gasteiger partial charge in [-0.05, 0) is 50.5 Å². The number of nitrogens with zero attached hydrogens (tertiary/aromatic N) is 2. The predicted molar refractivity (Wildman–Crippen MR) is 81.9 cm³/mol. The number of rotatable bonds is 4. The molecule has 0 fully saturated rings. The van der Waals surface area contributed by atoms with Crippen molar-refractivity contribution in [2.75, 3.05) is 0 Å². The van der Waals surface area contributed by atoms with E-state index in [0.717, 1.165) is 16.7 Å². The van der Waals surface area contributed by atoms with Gasteiger partial charge in [0.2, 0.25) is 5.78 Å². The Hall–Kier alpha value is -2.56. The van der Waals surface area contributed by atoms with Gasteiger partial charge in [0, 0.05) is 18.0 Å². The standard InChI is InChI=1S/C17H18N2O3/c1-10-7-12(3)14(8-11(10)2)16(20)13(4)22-17(21)15-9-18-5-6-19-15/h5-9,13H,1-4H3/t13-/m0/s1. The Morgan fingerprint density at radius 2 is 1.73 bits per heavy atom. The molecule has 5 nitrogen and oxygen atoms in total. The van der Waals surface area contributed by atoms with Gasteiger partial charge in [0.05, 0.1) is 6.20 Å². The highest BCUT2D eigenvalue weighted by Gasteiger charge is 2.22. The number of aryl methyl sites for hydroxylation is 3. The maximum atomic E-state index is 12.5. The van der Waals surface area contributed by atoms with Crippen LogP contribution in [0.2, 0.25) is 0 Å². The van der Waals surface area contributed by atoms with Gasteiger partial charge in [-0.25, -0.2) is 9.78 Å². The van der Waals surface area contributed by atoms with Crippen molar-refractivity contribution in [3.63, 3.8) is 0 Å². The van der Waals surface area contributed by atoms with Crippen molar-refractivity contribution in [3.8, 4) is 0 Å². The second kappa shape index (κ2) is 6.47. The fourth-order valence-corrected chi connectivity index (χ4v) is 2.12. The van der Waals surface area contributed by atoms with Gasteiger partial charge in [0.15, 0.2) is 11.8 Å². The van der Waals surface area contributed by atoms with Gasteiger partial charge in [-0.15, -0.1) is 0 Å². The van der Waals surface area contributed by atoms with Gasteiger partial charge in [-0.2, -0.15) is 0 Å². The third-order valence-corrected chi connectivity index (χ3v) is 3.53. The Balaban J connectivity index is 2.16. The summed E-state index contributed by atoms with van der Waals surface area (Å²) in [6.45, 7) is 7.37. The summed E-state index contributed by atoms with van der Waals surface area (Å²) < 4.78 is 5.19. The van der Waals surface area contributed by atoms with Crippen LogP contribution in [0.3, 0.4) is 0 Å². The Labute approximate surface area is 129 Å². The SMILES string of the molecule is Cc1cc(C)c(C(=O)[C@H](C)OC(=O)c2cnccn2)cc1C. The smallest absolute Gasteiger partial charge is 0.359 e. The third-order valence-electron chi connectivity index (χ3n) is 3.53. The highest BCUT2D eigenvalue weighted by molar-refractivity contribution is 6.02. The maximum absolute atomic E-state index is 12.5. The lowest BCUT2D eigenvalue weighted by Crippen LogP contribution is -2.25. The van der Waals surface area contributed by atoms with E-state index in [4.69, 9.17) is 4.74 Å². The average Bonchev–Trinajstić information content (AvgIpc) is 2.51. The summed E-state index contributed by atoms with van der Waals surface area (Å²) in [5.41, 5.74) is 3.68. The van der Waals surface area contributed by atoms with E-state index in [2.05, 4.69) is 9.97 Å². The lowest BCUT2D eigenvalue weighted by atomic mass is 9.96. The summed E-state index contributed by atoms with van der Waals surface area (Å²) in [5, 5.41) is 0. The lowest BCUT2D eigenvalue weighted by molar-refractivity contribution is 0.0312. The average molecular weight is 298 g/mol. The van der Waals surface area contributed by atoms with Crippen LogP contribution in [0.4, 0.5) is 0 Å². The minimum absolute atomic E-state index is 0.0824. The molecule has 0 aliphatic carbocycles. The van der Waals surface area contributed by atoms with Crippen LogP contribution >= 0.6 is 0 Å². The van der Waals surface area contributed by atoms with E-state index in [0.29, 0.717) is 5.56 Å². The predicted octanol–water partition coefficient (Wildman–Crippen LogP) is 2.83.